The topological polar surface area (TPSA) is 76.5 Å². The molecule has 0 amide bonds. The second-order valence-corrected chi connectivity index (χ2v) is 6.74. The maximum absolute atomic E-state index is 13.9. The number of aryl methyl sites for hydroxylation is 1. The van der Waals surface area contributed by atoms with Gasteiger partial charge in [0.15, 0.2) is 17.5 Å². The van der Waals surface area contributed by atoms with Gasteiger partial charge in [-0.05, 0) is 36.8 Å². The van der Waals surface area contributed by atoms with Gasteiger partial charge in [0.1, 0.15) is 5.82 Å². The Hall–Kier alpha value is -3.35. The minimum absolute atomic E-state index is 0.0824. The Labute approximate surface area is 154 Å². The van der Waals surface area contributed by atoms with Gasteiger partial charge < -0.3 is 4.98 Å². The summed E-state index contributed by atoms with van der Waals surface area (Å²) < 4.78 is 15.5. The molecule has 0 spiro atoms. The average molecular weight is 363 g/mol. The zero-order chi connectivity index (χ0) is 19.1. The predicted octanol–water partition coefficient (Wildman–Crippen LogP) is 3.74. The molecule has 0 atom stereocenters. The molecular formula is C20H18FN5O. The third-order valence-electron chi connectivity index (χ3n) is 4.37. The maximum Gasteiger partial charge on any atom is 0.249 e. The first-order valence-corrected chi connectivity index (χ1v) is 8.66. The highest BCUT2D eigenvalue weighted by molar-refractivity contribution is 5.92. The third-order valence-corrected chi connectivity index (χ3v) is 4.37. The van der Waals surface area contributed by atoms with Gasteiger partial charge in [-0.1, -0.05) is 19.9 Å². The molecule has 0 unspecified atom stereocenters. The van der Waals surface area contributed by atoms with Crippen LogP contribution in [0.15, 0.2) is 47.4 Å². The summed E-state index contributed by atoms with van der Waals surface area (Å²) in [7, 11) is 0. The fourth-order valence-corrected chi connectivity index (χ4v) is 3.00. The van der Waals surface area contributed by atoms with Gasteiger partial charge in [0.25, 0.3) is 0 Å². The van der Waals surface area contributed by atoms with E-state index in [0.717, 1.165) is 5.56 Å². The van der Waals surface area contributed by atoms with Gasteiger partial charge in [-0.15, -0.1) is 5.10 Å². The first kappa shape index (κ1) is 17.1. The van der Waals surface area contributed by atoms with E-state index in [4.69, 9.17) is 0 Å². The molecule has 1 N–H and O–H groups in total. The molecule has 4 rings (SSSR count). The molecule has 7 heteroatoms. The largest absolute Gasteiger partial charge is 0.322 e. The second kappa shape index (κ2) is 6.42. The second-order valence-electron chi connectivity index (χ2n) is 6.74. The van der Waals surface area contributed by atoms with E-state index in [1.165, 1.54) is 18.2 Å². The number of rotatable bonds is 3. The summed E-state index contributed by atoms with van der Waals surface area (Å²) in [6.07, 6.45) is 1.68. The zero-order valence-corrected chi connectivity index (χ0v) is 15.2. The standard InChI is InChI=1S/C20H18FN5O/c1-11(2)18-24-20(26(25-18)19-12(3)5-4-8-22-19)15-10-17(27)23-16-7-6-13(21)9-14(15)16/h4-11H,1-3H3,(H,23,27). The van der Waals surface area contributed by atoms with E-state index in [0.29, 0.717) is 33.9 Å². The lowest BCUT2D eigenvalue weighted by atomic mass is 10.1. The predicted molar refractivity (Wildman–Crippen MR) is 102 cm³/mol. The van der Waals surface area contributed by atoms with Crippen molar-refractivity contribution in [3.05, 3.63) is 70.2 Å². The summed E-state index contributed by atoms with van der Waals surface area (Å²) in [5.41, 5.74) is 1.68. The Kier molecular flexibility index (Phi) is 4.07. The zero-order valence-electron chi connectivity index (χ0n) is 15.2. The molecule has 4 aromatic rings. The van der Waals surface area contributed by atoms with Crippen LogP contribution in [0.2, 0.25) is 0 Å². The monoisotopic (exact) mass is 363 g/mol. The van der Waals surface area contributed by atoms with E-state index < -0.39 is 0 Å². The number of halogens is 1. The molecule has 0 radical (unpaired) electrons. The molecule has 0 aliphatic rings. The summed E-state index contributed by atoms with van der Waals surface area (Å²) in [4.78, 5) is 24.0. The van der Waals surface area contributed by atoms with E-state index in [2.05, 4.69) is 20.1 Å². The third kappa shape index (κ3) is 3.01. The minimum atomic E-state index is -0.389. The fraction of sp³-hybridized carbons (Fsp3) is 0.200. The molecule has 27 heavy (non-hydrogen) atoms. The van der Waals surface area contributed by atoms with Gasteiger partial charge in [-0.2, -0.15) is 4.68 Å². The van der Waals surface area contributed by atoms with Crippen molar-refractivity contribution in [1.82, 2.24) is 24.7 Å². The number of benzene rings is 1. The van der Waals surface area contributed by atoms with Crippen molar-refractivity contribution in [2.75, 3.05) is 0 Å². The van der Waals surface area contributed by atoms with Crippen LogP contribution >= 0.6 is 0 Å². The minimum Gasteiger partial charge on any atom is -0.322 e. The van der Waals surface area contributed by atoms with Crippen LogP contribution in [0.3, 0.4) is 0 Å². The van der Waals surface area contributed by atoms with Crippen LogP contribution in [0.4, 0.5) is 4.39 Å². The highest BCUT2D eigenvalue weighted by atomic mass is 19.1. The Morgan fingerprint density at radius 3 is 2.74 bits per heavy atom. The highest BCUT2D eigenvalue weighted by Gasteiger charge is 2.20. The number of hydrogen-bond acceptors (Lipinski definition) is 4. The van der Waals surface area contributed by atoms with Gasteiger partial charge in [-0.25, -0.2) is 14.4 Å². The van der Waals surface area contributed by atoms with E-state index in [-0.39, 0.29) is 17.3 Å². The summed E-state index contributed by atoms with van der Waals surface area (Å²) in [5.74, 6) is 1.40. The van der Waals surface area contributed by atoms with E-state index >= 15 is 0 Å². The smallest absolute Gasteiger partial charge is 0.249 e. The molecule has 0 saturated heterocycles. The molecule has 0 bridgehead atoms. The van der Waals surface area contributed by atoms with Crippen LogP contribution in [0.25, 0.3) is 28.1 Å². The van der Waals surface area contributed by atoms with Crippen LogP contribution in [0.5, 0.6) is 0 Å². The van der Waals surface area contributed by atoms with Gasteiger partial charge in [0.2, 0.25) is 5.56 Å². The lowest BCUT2D eigenvalue weighted by Crippen LogP contribution is -2.09. The van der Waals surface area contributed by atoms with Crippen molar-refractivity contribution in [2.24, 2.45) is 0 Å². The van der Waals surface area contributed by atoms with Crippen LogP contribution in [-0.2, 0) is 0 Å². The maximum atomic E-state index is 13.9. The normalized spacial score (nSPS) is 11.4. The number of fused-ring (bicyclic) bond motifs is 1. The van der Waals surface area contributed by atoms with Crippen LogP contribution in [0, 0.1) is 12.7 Å². The summed E-state index contributed by atoms with van der Waals surface area (Å²) >= 11 is 0. The number of aromatic amines is 1. The number of nitrogens with zero attached hydrogens (tertiary/aromatic N) is 4. The van der Waals surface area contributed by atoms with Crippen molar-refractivity contribution >= 4 is 10.9 Å². The molecule has 0 fully saturated rings. The number of aromatic nitrogens is 5. The molecular weight excluding hydrogens is 345 g/mol. The van der Waals surface area contributed by atoms with Crippen molar-refractivity contribution < 1.29 is 4.39 Å². The van der Waals surface area contributed by atoms with Gasteiger partial charge in [-0.3, -0.25) is 4.79 Å². The quantitative estimate of drug-likeness (QED) is 0.601. The Balaban J connectivity index is 2.08. The van der Waals surface area contributed by atoms with Crippen molar-refractivity contribution in [2.45, 2.75) is 26.7 Å². The Bertz CT molecular complexity index is 1210. The Morgan fingerprint density at radius 1 is 1.19 bits per heavy atom. The molecule has 0 aliphatic carbocycles. The van der Waals surface area contributed by atoms with Crippen LogP contribution in [-0.4, -0.2) is 24.7 Å². The van der Waals surface area contributed by atoms with Gasteiger partial charge in [0, 0.05) is 34.6 Å². The van der Waals surface area contributed by atoms with Gasteiger partial charge in [0.05, 0.1) is 0 Å². The lowest BCUT2D eigenvalue weighted by molar-refractivity contribution is 0.629. The van der Waals surface area contributed by atoms with Crippen LogP contribution in [0.1, 0.15) is 31.2 Å². The molecule has 3 aromatic heterocycles. The fourth-order valence-electron chi connectivity index (χ4n) is 3.00. The van der Waals surface area contributed by atoms with E-state index in [1.54, 1.807) is 16.9 Å². The number of hydrogen-bond donors (Lipinski definition) is 1. The van der Waals surface area contributed by atoms with Crippen molar-refractivity contribution in [3.8, 4) is 17.2 Å². The molecule has 3 heterocycles. The molecule has 136 valence electrons. The molecule has 6 nitrogen and oxygen atoms in total. The van der Waals surface area contributed by atoms with Crippen molar-refractivity contribution in [1.29, 1.82) is 0 Å². The first-order chi connectivity index (χ1) is 12.9. The van der Waals surface area contributed by atoms with Crippen molar-refractivity contribution in [3.63, 3.8) is 0 Å². The molecule has 0 saturated carbocycles. The Morgan fingerprint density at radius 2 is 2.00 bits per heavy atom. The number of H-pyrrole nitrogens is 1. The van der Waals surface area contributed by atoms with Crippen LogP contribution < -0.4 is 5.56 Å². The van der Waals surface area contributed by atoms with E-state index in [9.17, 15) is 9.18 Å². The highest BCUT2D eigenvalue weighted by Crippen LogP contribution is 2.29. The van der Waals surface area contributed by atoms with Gasteiger partial charge >= 0.3 is 0 Å². The lowest BCUT2D eigenvalue weighted by Gasteiger charge is -2.09. The molecule has 1 aromatic carbocycles. The average Bonchev–Trinajstić information content (AvgIpc) is 3.07. The summed E-state index contributed by atoms with van der Waals surface area (Å²) in [5, 5.41) is 5.18. The SMILES string of the molecule is Cc1cccnc1-n1nc(C(C)C)nc1-c1cc(=O)[nH]c2ccc(F)cc12. The first-order valence-electron chi connectivity index (χ1n) is 8.66. The summed E-state index contributed by atoms with van der Waals surface area (Å²) in [6, 6.07) is 9.45. The summed E-state index contributed by atoms with van der Waals surface area (Å²) in [6.45, 7) is 5.91. The number of pyridine rings is 2. The van der Waals surface area contributed by atoms with E-state index in [1.807, 2.05) is 32.9 Å². The number of nitrogens with one attached hydrogen (secondary N) is 1. The molecule has 0 aliphatic heterocycles.